The minimum Gasteiger partial charge on any atom is -0.334 e. The van der Waals surface area contributed by atoms with Gasteiger partial charge in [0.25, 0.3) is 0 Å². The Kier molecular flexibility index (Phi) is 4.10. The SMILES string of the molecule is CCC(c1ccc(Cl)cc1)N1CC(Br)CC1=O. The maximum atomic E-state index is 11.9. The summed E-state index contributed by atoms with van der Waals surface area (Å²) in [6, 6.07) is 7.94. The van der Waals surface area contributed by atoms with E-state index in [9.17, 15) is 4.79 Å². The van der Waals surface area contributed by atoms with E-state index in [1.165, 1.54) is 0 Å². The van der Waals surface area contributed by atoms with E-state index in [4.69, 9.17) is 11.6 Å². The number of hydrogen-bond donors (Lipinski definition) is 0. The lowest BCUT2D eigenvalue weighted by Gasteiger charge is -2.27. The first-order valence-corrected chi connectivity index (χ1v) is 7.10. The molecule has 2 atom stereocenters. The van der Waals surface area contributed by atoms with Gasteiger partial charge >= 0.3 is 0 Å². The van der Waals surface area contributed by atoms with E-state index < -0.39 is 0 Å². The highest BCUT2D eigenvalue weighted by Gasteiger charge is 2.32. The van der Waals surface area contributed by atoms with Gasteiger partial charge in [0.1, 0.15) is 0 Å². The number of hydrogen-bond acceptors (Lipinski definition) is 1. The number of carbonyl (C=O) groups excluding carboxylic acids is 1. The average Bonchev–Trinajstić information content (AvgIpc) is 2.62. The number of amides is 1. The largest absolute Gasteiger partial charge is 0.334 e. The second-order valence-corrected chi connectivity index (χ2v) is 6.05. The van der Waals surface area contributed by atoms with Gasteiger partial charge in [0.15, 0.2) is 0 Å². The minimum atomic E-state index is 0.169. The molecule has 0 saturated carbocycles. The Labute approximate surface area is 115 Å². The van der Waals surface area contributed by atoms with Crippen molar-refractivity contribution in [3.05, 3.63) is 34.9 Å². The van der Waals surface area contributed by atoms with Crippen LogP contribution in [0.15, 0.2) is 24.3 Å². The second-order valence-electron chi connectivity index (χ2n) is 4.32. The lowest BCUT2D eigenvalue weighted by molar-refractivity contribution is -0.129. The van der Waals surface area contributed by atoms with Crippen molar-refractivity contribution in [2.45, 2.75) is 30.6 Å². The molecule has 0 N–H and O–H groups in total. The number of benzene rings is 1. The highest BCUT2D eigenvalue weighted by atomic mass is 79.9. The molecule has 0 aliphatic carbocycles. The van der Waals surface area contributed by atoms with Gasteiger partial charge in [0, 0.05) is 22.8 Å². The van der Waals surface area contributed by atoms with Crippen LogP contribution in [0.5, 0.6) is 0 Å². The maximum Gasteiger partial charge on any atom is 0.224 e. The van der Waals surface area contributed by atoms with Crippen molar-refractivity contribution in [1.29, 1.82) is 0 Å². The van der Waals surface area contributed by atoms with Crippen LogP contribution in [-0.4, -0.2) is 22.2 Å². The fourth-order valence-electron chi connectivity index (χ4n) is 2.31. The third kappa shape index (κ3) is 2.83. The molecule has 1 aromatic rings. The lowest BCUT2D eigenvalue weighted by Crippen LogP contribution is -2.30. The molecule has 2 rings (SSSR count). The van der Waals surface area contributed by atoms with Gasteiger partial charge < -0.3 is 4.90 Å². The number of alkyl halides is 1. The number of carbonyl (C=O) groups is 1. The summed E-state index contributed by atoms with van der Waals surface area (Å²) in [5.74, 6) is 0.230. The first-order valence-electron chi connectivity index (χ1n) is 5.80. The van der Waals surface area contributed by atoms with E-state index >= 15 is 0 Å². The Hall–Kier alpha value is -0.540. The average molecular weight is 317 g/mol. The number of likely N-dealkylation sites (tertiary alicyclic amines) is 1. The molecule has 0 radical (unpaired) electrons. The molecule has 1 saturated heterocycles. The zero-order valence-corrected chi connectivity index (χ0v) is 12.0. The zero-order valence-electron chi connectivity index (χ0n) is 9.70. The zero-order chi connectivity index (χ0) is 12.4. The molecule has 2 nitrogen and oxygen atoms in total. The summed E-state index contributed by atoms with van der Waals surface area (Å²) in [5.41, 5.74) is 1.16. The van der Waals surface area contributed by atoms with E-state index in [-0.39, 0.29) is 16.8 Å². The van der Waals surface area contributed by atoms with Crippen LogP contribution in [0.1, 0.15) is 31.4 Å². The Morgan fingerprint density at radius 1 is 1.47 bits per heavy atom. The molecule has 4 heteroatoms. The molecule has 2 unspecified atom stereocenters. The predicted molar refractivity (Wildman–Crippen MR) is 73.5 cm³/mol. The molecule has 17 heavy (non-hydrogen) atoms. The Bertz CT molecular complexity index is 406. The Balaban J connectivity index is 2.21. The van der Waals surface area contributed by atoms with Crippen LogP contribution in [0.2, 0.25) is 5.02 Å². The van der Waals surface area contributed by atoms with Gasteiger partial charge in [-0.05, 0) is 24.1 Å². The van der Waals surface area contributed by atoms with E-state index in [2.05, 4.69) is 22.9 Å². The third-order valence-electron chi connectivity index (χ3n) is 3.13. The van der Waals surface area contributed by atoms with Gasteiger partial charge in [0.2, 0.25) is 5.91 Å². The molecule has 1 fully saturated rings. The summed E-state index contributed by atoms with van der Waals surface area (Å²) in [5, 5.41) is 0.731. The summed E-state index contributed by atoms with van der Waals surface area (Å²) >= 11 is 9.40. The van der Waals surface area contributed by atoms with Crippen LogP contribution >= 0.6 is 27.5 Å². The first kappa shape index (κ1) is 12.9. The first-order chi connectivity index (χ1) is 8.11. The molecular weight excluding hydrogens is 302 g/mol. The van der Waals surface area contributed by atoms with Crippen LogP contribution in [-0.2, 0) is 4.79 Å². The third-order valence-corrected chi connectivity index (χ3v) is 3.99. The lowest BCUT2D eigenvalue weighted by atomic mass is 10.0. The van der Waals surface area contributed by atoms with Crippen LogP contribution in [0.25, 0.3) is 0 Å². The molecular formula is C13H15BrClNO. The number of nitrogens with zero attached hydrogens (tertiary/aromatic N) is 1. The normalized spacial score (nSPS) is 21.9. The summed E-state index contributed by atoms with van der Waals surface area (Å²) in [6.07, 6.45) is 1.52. The predicted octanol–water partition coefficient (Wildman–Crippen LogP) is 3.79. The fourth-order valence-corrected chi connectivity index (χ4v) is 3.02. The van der Waals surface area contributed by atoms with E-state index in [0.29, 0.717) is 6.42 Å². The van der Waals surface area contributed by atoms with Gasteiger partial charge in [-0.1, -0.05) is 46.6 Å². The van der Waals surface area contributed by atoms with Crippen molar-refractivity contribution in [3.63, 3.8) is 0 Å². The van der Waals surface area contributed by atoms with Crippen molar-refractivity contribution >= 4 is 33.4 Å². The van der Waals surface area contributed by atoms with Crippen molar-refractivity contribution < 1.29 is 4.79 Å². The van der Waals surface area contributed by atoms with Gasteiger partial charge in [0.05, 0.1) is 6.04 Å². The van der Waals surface area contributed by atoms with Gasteiger partial charge in [-0.25, -0.2) is 0 Å². The van der Waals surface area contributed by atoms with Crippen molar-refractivity contribution in [3.8, 4) is 0 Å². The summed E-state index contributed by atoms with van der Waals surface area (Å²) in [6.45, 7) is 2.90. The van der Waals surface area contributed by atoms with Crippen LogP contribution < -0.4 is 0 Å². The monoisotopic (exact) mass is 315 g/mol. The highest BCUT2D eigenvalue weighted by Crippen LogP contribution is 2.31. The quantitative estimate of drug-likeness (QED) is 0.777. The molecule has 1 amide bonds. The topological polar surface area (TPSA) is 20.3 Å². The Morgan fingerprint density at radius 2 is 2.12 bits per heavy atom. The van der Waals surface area contributed by atoms with Crippen LogP contribution in [0.3, 0.4) is 0 Å². The maximum absolute atomic E-state index is 11.9. The number of rotatable bonds is 3. The highest BCUT2D eigenvalue weighted by molar-refractivity contribution is 9.09. The molecule has 0 bridgehead atoms. The van der Waals surface area contributed by atoms with Gasteiger partial charge in [-0.3, -0.25) is 4.79 Å². The number of halogens is 2. The van der Waals surface area contributed by atoms with Crippen molar-refractivity contribution in [1.82, 2.24) is 4.90 Å². The molecule has 1 aliphatic rings. The van der Waals surface area contributed by atoms with Crippen molar-refractivity contribution in [2.24, 2.45) is 0 Å². The summed E-state index contributed by atoms with van der Waals surface area (Å²) in [4.78, 5) is 14.1. The summed E-state index contributed by atoms with van der Waals surface area (Å²) < 4.78 is 0. The van der Waals surface area contributed by atoms with Gasteiger partial charge in [-0.15, -0.1) is 0 Å². The molecule has 0 spiro atoms. The minimum absolute atomic E-state index is 0.169. The second kappa shape index (κ2) is 5.40. The van der Waals surface area contributed by atoms with Crippen LogP contribution in [0, 0.1) is 0 Å². The summed E-state index contributed by atoms with van der Waals surface area (Å²) in [7, 11) is 0. The molecule has 1 heterocycles. The molecule has 1 aromatic carbocycles. The molecule has 92 valence electrons. The molecule has 0 aromatic heterocycles. The van der Waals surface area contributed by atoms with Crippen molar-refractivity contribution in [2.75, 3.05) is 6.54 Å². The van der Waals surface area contributed by atoms with E-state index in [1.54, 1.807) is 0 Å². The van der Waals surface area contributed by atoms with Crippen LogP contribution in [0.4, 0.5) is 0 Å². The molecule has 1 aliphatic heterocycles. The smallest absolute Gasteiger partial charge is 0.224 e. The standard InChI is InChI=1S/C13H15BrClNO/c1-2-12(9-3-5-11(15)6-4-9)16-8-10(14)7-13(16)17/h3-6,10,12H,2,7-8H2,1H3. The van der Waals surface area contributed by atoms with Gasteiger partial charge in [-0.2, -0.15) is 0 Å². The van der Waals surface area contributed by atoms with E-state index in [1.807, 2.05) is 29.2 Å². The Morgan fingerprint density at radius 3 is 2.59 bits per heavy atom. The van der Waals surface area contributed by atoms with E-state index in [0.717, 1.165) is 23.6 Å². The fraction of sp³-hybridized carbons (Fsp3) is 0.462.